The largest absolute Gasteiger partial charge is 0.380 e. The monoisotopic (exact) mass is 424 g/mol. The SMILES string of the molecule is CN(C)C1(c2ccccc2)CCC(Nc2cccc3nsnc23)CC1.Cl.Cl. The van der Waals surface area contributed by atoms with E-state index >= 15 is 0 Å². The first-order valence-electron chi connectivity index (χ1n) is 8.90. The molecule has 0 amide bonds. The summed E-state index contributed by atoms with van der Waals surface area (Å²) in [6, 6.07) is 17.6. The van der Waals surface area contributed by atoms with E-state index in [0.717, 1.165) is 42.4 Å². The van der Waals surface area contributed by atoms with Crippen molar-refractivity contribution >= 4 is 53.3 Å². The van der Waals surface area contributed by atoms with Gasteiger partial charge in [0.15, 0.2) is 0 Å². The Bertz CT molecular complexity index is 845. The molecule has 1 aromatic heterocycles. The van der Waals surface area contributed by atoms with Crippen molar-refractivity contribution in [3.8, 4) is 0 Å². The molecule has 0 bridgehead atoms. The van der Waals surface area contributed by atoms with E-state index in [0.29, 0.717) is 6.04 Å². The lowest BCUT2D eigenvalue weighted by Crippen LogP contribution is -2.46. The van der Waals surface area contributed by atoms with Gasteiger partial charge in [0, 0.05) is 11.6 Å². The Morgan fingerprint density at radius 1 is 0.963 bits per heavy atom. The molecule has 0 radical (unpaired) electrons. The van der Waals surface area contributed by atoms with E-state index in [1.54, 1.807) is 0 Å². The molecule has 0 spiro atoms. The lowest BCUT2D eigenvalue weighted by Gasteiger charge is -2.46. The molecule has 0 atom stereocenters. The van der Waals surface area contributed by atoms with Crippen molar-refractivity contribution in [3.63, 3.8) is 0 Å². The highest BCUT2D eigenvalue weighted by molar-refractivity contribution is 7.00. The number of rotatable bonds is 4. The van der Waals surface area contributed by atoms with Crippen LogP contribution in [0.4, 0.5) is 5.69 Å². The molecule has 1 saturated carbocycles. The molecule has 1 heterocycles. The van der Waals surface area contributed by atoms with Crippen molar-refractivity contribution in [3.05, 3.63) is 54.1 Å². The van der Waals surface area contributed by atoms with Gasteiger partial charge < -0.3 is 5.32 Å². The minimum Gasteiger partial charge on any atom is -0.380 e. The van der Waals surface area contributed by atoms with E-state index in [2.05, 4.69) is 75.5 Å². The number of anilines is 1. The molecule has 0 saturated heterocycles. The number of aromatic nitrogens is 2. The van der Waals surface area contributed by atoms with Crippen LogP contribution in [0.25, 0.3) is 11.0 Å². The van der Waals surface area contributed by atoms with Crippen LogP contribution in [0, 0.1) is 0 Å². The number of hydrogen-bond donors (Lipinski definition) is 1. The van der Waals surface area contributed by atoms with E-state index < -0.39 is 0 Å². The highest BCUT2D eigenvalue weighted by Crippen LogP contribution is 2.41. The first-order valence-corrected chi connectivity index (χ1v) is 9.63. The van der Waals surface area contributed by atoms with Crippen molar-refractivity contribution in [2.75, 3.05) is 19.4 Å². The Hall–Kier alpha value is -1.40. The molecule has 0 unspecified atom stereocenters. The fraction of sp³-hybridized carbons (Fsp3) is 0.400. The maximum atomic E-state index is 4.45. The van der Waals surface area contributed by atoms with Gasteiger partial charge >= 0.3 is 0 Å². The van der Waals surface area contributed by atoms with Crippen molar-refractivity contribution in [2.24, 2.45) is 0 Å². The molecule has 27 heavy (non-hydrogen) atoms. The minimum absolute atomic E-state index is 0. The number of nitrogens with one attached hydrogen (secondary N) is 1. The van der Waals surface area contributed by atoms with Crippen LogP contribution in [0.3, 0.4) is 0 Å². The molecular weight excluding hydrogens is 399 g/mol. The van der Waals surface area contributed by atoms with Crippen LogP contribution in [-0.2, 0) is 5.54 Å². The van der Waals surface area contributed by atoms with Crippen molar-refractivity contribution in [1.29, 1.82) is 0 Å². The van der Waals surface area contributed by atoms with Gasteiger partial charge in [0.1, 0.15) is 11.0 Å². The third-order valence-electron chi connectivity index (χ3n) is 5.63. The number of fused-ring (bicyclic) bond motifs is 1. The molecule has 146 valence electrons. The van der Waals surface area contributed by atoms with Crippen LogP contribution in [0.1, 0.15) is 31.2 Å². The third-order valence-corrected chi connectivity index (χ3v) is 6.17. The summed E-state index contributed by atoms with van der Waals surface area (Å²) in [5.74, 6) is 0. The fourth-order valence-electron chi connectivity index (χ4n) is 4.12. The lowest BCUT2D eigenvalue weighted by atomic mass is 9.74. The van der Waals surface area contributed by atoms with Gasteiger partial charge in [-0.2, -0.15) is 8.75 Å². The summed E-state index contributed by atoms with van der Waals surface area (Å²) in [5, 5.41) is 3.72. The van der Waals surface area contributed by atoms with Gasteiger partial charge in [-0.1, -0.05) is 36.4 Å². The first-order chi connectivity index (χ1) is 12.2. The standard InChI is InChI=1S/C20H24N4S.2ClH/c1-24(2)20(15-7-4-3-5-8-15)13-11-16(12-14-20)21-17-9-6-10-18-19(17)23-25-22-18;;/h3-10,16,21H,11-14H2,1-2H3;2*1H. The molecule has 3 aromatic rings. The zero-order valence-electron chi connectivity index (χ0n) is 15.6. The van der Waals surface area contributed by atoms with Gasteiger partial charge in [-0.3, -0.25) is 4.90 Å². The number of nitrogens with zero attached hydrogens (tertiary/aromatic N) is 3. The second-order valence-corrected chi connectivity index (χ2v) is 7.68. The Balaban J connectivity index is 0.00000131. The molecule has 1 fully saturated rings. The predicted molar refractivity (Wildman–Crippen MR) is 120 cm³/mol. The summed E-state index contributed by atoms with van der Waals surface area (Å²) in [6.45, 7) is 0. The molecular formula is C20H26Cl2N4S. The zero-order chi connectivity index (χ0) is 17.3. The summed E-state index contributed by atoms with van der Waals surface area (Å²) < 4.78 is 8.79. The van der Waals surface area contributed by atoms with Gasteiger partial charge in [-0.25, -0.2) is 0 Å². The predicted octanol–water partition coefficient (Wildman–Crippen LogP) is 5.35. The molecule has 0 aliphatic heterocycles. The van der Waals surface area contributed by atoms with E-state index in [4.69, 9.17) is 0 Å². The average Bonchev–Trinajstić information content (AvgIpc) is 3.13. The minimum atomic E-state index is 0. The normalized spacial score (nSPS) is 22.1. The summed E-state index contributed by atoms with van der Waals surface area (Å²) >= 11 is 1.28. The highest BCUT2D eigenvalue weighted by atomic mass is 35.5. The maximum absolute atomic E-state index is 4.45. The van der Waals surface area contributed by atoms with Crippen LogP contribution in [0.5, 0.6) is 0 Å². The van der Waals surface area contributed by atoms with Gasteiger partial charge in [-0.15, -0.1) is 24.8 Å². The van der Waals surface area contributed by atoms with Crippen LogP contribution < -0.4 is 5.32 Å². The lowest BCUT2D eigenvalue weighted by molar-refractivity contribution is 0.0945. The van der Waals surface area contributed by atoms with Gasteiger partial charge in [0.2, 0.25) is 0 Å². The van der Waals surface area contributed by atoms with Gasteiger partial charge in [0.05, 0.1) is 17.4 Å². The van der Waals surface area contributed by atoms with Crippen LogP contribution >= 0.6 is 36.5 Å². The molecule has 4 nitrogen and oxygen atoms in total. The van der Waals surface area contributed by atoms with Gasteiger partial charge in [-0.05, 0) is 57.5 Å². The van der Waals surface area contributed by atoms with Crippen molar-refractivity contribution in [1.82, 2.24) is 13.6 Å². The van der Waals surface area contributed by atoms with Gasteiger partial charge in [0.25, 0.3) is 0 Å². The van der Waals surface area contributed by atoms with Crippen molar-refractivity contribution in [2.45, 2.75) is 37.3 Å². The maximum Gasteiger partial charge on any atom is 0.127 e. The van der Waals surface area contributed by atoms with E-state index in [1.807, 2.05) is 6.07 Å². The topological polar surface area (TPSA) is 41.0 Å². The van der Waals surface area contributed by atoms with E-state index in [9.17, 15) is 0 Å². The fourth-order valence-corrected chi connectivity index (χ4v) is 4.67. The quantitative estimate of drug-likeness (QED) is 0.612. The van der Waals surface area contributed by atoms with E-state index in [-0.39, 0.29) is 30.4 Å². The average molecular weight is 425 g/mol. The molecule has 1 aliphatic carbocycles. The molecule has 1 aliphatic rings. The summed E-state index contributed by atoms with van der Waals surface area (Å²) in [7, 11) is 4.42. The molecule has 7 heteroatoms. The Kier molecular flexibility index (Phi) is 7.46. The zero-order valence-corrected chi connectivity index (χ0v) is 18.0. The summed E-state index contributed by atoms with van der Waals surface area (Å²) in [4.78, 5) is 2.41. The van der Waals surface area contributed by atoms with Crippen LogP contribution in [0.15, 0.2) is 48.5 Å². The first kappa shape index (κ1) is 21.9. The van der Waals surface area contributed by atoms with E-state index in [1.165, 1.54) is 17.3 Å². The molecule has 4 rings (SSSR count). The number of hydrogen-bond acceptors (Lipinski definition) is 5. The Labute approximate surface area is 177 Å². The third kappa shape index (κ3) is 4.21. The highest BCUT2D eigenvalue weighted by Gasteiger charge is 2.38. The second kappa shape index (κ2) is 9.20. The van der Waals surface area contributed by atoms with Crippen LogP contribution in [0.2, 0.25) is 0 Å². The molecule has 1 N–H and O–H groups in total. The van der Waals surface area contributed by atoms with Crippen LogP contribution in [-0.4, -0.2) is 33.8 Å². The second-order valence-electron chi connectivity index (χ2n) is 7.15. The Morgan fingerprint density at radius 2 is 1.67 bits per heavy atom. The Morgan fingerprint density at radius 3 is 2.33 bits per heavy atom. The molecule has 2 aromatic carbocycles. The summed E-state index contributed by atoms with van der Waals surface area (Å²) in [5.41, 5.74) is 4.68. The number of benzene rings is 2. The smallest absolute Gasteiger partial charge is 0.127 e. The number of halogens is 2. The summed E-state index contributed by atoms with van der Waals surface area (Å²) in [6.07, 6.45) is 4.63. The van der Waals surface area contributed by atoms with Crippen molar-refractivity contribution < 1.29 is 0 Å².